The molecule has 0 unspecified atom stereocenters. The molecule has 11 heteroatoms. The highest BCUT2D eigenvalue weighted by Crippen LogP contribution is 2.22. The first-order chi connectivity index (χ1) is 9.33. The standard InChI is InChI=1S/C9H8ClN5O4S/c1-15-8(5(10)4-13-15)20(18,19)14-7-6(9(16)17)11-2-3-12-7/h2-4H,1H3,(H,12,14)(H,16,17). The highest BCUT2D eigenvalue weighted by molar-refractivity contribution is 7.92. The van der Waals surface area contributed by atoms with Crippen LogP contribution < -0.4 is 4.72 Å². The Kier molecular flexibility index (Phi) is 3.59. The van der Waals surface area contributed by atoms with Gasteiger partial charge in [-0.1, -0.05) is 11.6 Å². The number of carboxylic acids is 1. The number of sulfonamides is 1. The monoisotopic (exact) mass is 317 g/mol. The summed E-state index contributed by atoms with van der Waals surface area (Å²) < 4.78 is 27.4. The molecule has 0 saturated heterocycles. The molecule has 0 aliphatic rings. The third-order valence-electron chi connectivity index (χ3n) is 2.23. The van der Waals surface area contributed by atoms with Crippen LogP contribution in [0.15, 0.2) is 23.6 Å². The Labute approximate surface area is 118 Å². The van der Waals surface area contributed by atoms with Gasteiger partial charge in [-0.3, -0.25) is 9.40 Å². The molecule has 9 nitrogen and oxygen atoms in total. The van der Waals surface area contributed by atoms with E-state index in [0.717, 1.165) is 23.3 Å². The molecule has 2 aromatic rings. The number of nitrogens with one attached hydrogen (secondary N) is 1. The van der Waals surface area contributed by atoms with E-state index in [0.29, 0.717) is 0 Å². The van der Waals surface area contributed by atoms with Gasteiger partial charge in [0.25, 0.3) is 10.0 Å². The van der Waals surface area contributed by atoms with Crippen LogP contribution in [0.3, 0.4) is 0 Å². The van der Waals surface area contributed by atoms with Crippen molar-refractivity contribution in [3.05, 3.63) is 29.3 Å². The molecule has 20 heavy (non-hydrogen) atoms. The van der Waals surface area contributed by atoms with Gasteiger partial charge in [-0.05, 0) is 0 Å². The van der Waals surface area contributed by atoms with Gasteiger partial charge in [0.1, 0.15) is 0 Å². The summed E-state index contributed by atoms with van der Waals surface area (Å²) in [7, 11) is -2.75. The summed E-state index contributed by atoms with van der Waals surface area (Å²) in [6.07, 6.45) is 3.46. The average Bonchev–Trinajstić information content (AvgIpc) is 2.69. The summed E-state index contributed by atoms with van der Waals surface area (Å²) in [5.41, 5.74) is -0.519. The Hall–Kier alpha value is -2.20. The summed E-state index contributed by atoms with van der Waals surface area (Å²) in [6.45, 7) is 0. The van der Waals surface area contributed by atoms with Crippen molar-refractivity contribution >= 4 is 33.4 Å². The molecule has 2 N–H and O–H groups in total. The first kappa shape index (κ1) is 14.2. The summed E-state index contributed by atoms with van der Waals surface area (Å²) in [6, 6.07) is 0. The number of anilines is 1. The van der Waals surface area contributed by atoms with Crippen LogP contribution in [-0.4, -0.2) is 39.2 Å². The number of aryl methyl sites for hydroxylation is 1. The molecule has 106 valence electrons. The maximum atomic E-state index is 12.2. The molecule has 0 amide bonds. The predicted octanol–water partition coefficient (Wildman–Crippen LogP) is 0.362. The van der Waals surface area contributed by atoms with Crippen molar-refractivity contribution in [2.45, 2.75) is 5.03 Å². The molecule has 2 aromatic heterocycles. The van der Waals surface area contributed by atoms with Crippen molar-refractivity contribution in [1.29, 1.82) is 0 Å². The van der Waals surface area contributed by atoms with Crippen molar-refractivity contribution in [3.8, 4) is 0 Å². The molecular weight excluding hydrogens is 310 g/mol. The van der Waals surface area contributed by atoms with E-state index in [4.69, 9.17) is 16.7 Å². The topological polar surface area (TPSA) is 127 Å². The maximum absolute atomic E-state index is 12.2. The zero-order valence-corrected chi connectivity index (χ0v) is 11.6. The minimum atomic E-state index is -4.13. The molecule has 0 aromatic carbocycles. The van der Waals surface area contributed by atoms with E-state index in [1.54, 1.807) is 0 Å². The fraction of sp³-hybridized carbons (Fsp3) is 0.111. The lowest BCUT2D eigenvalue weighted by Gasteiger charge is -2.09. The van der Waals surface area contributed by atoms with E-state index < -0.39 is 27.5 Å². The minimum absolute atomic E-state index is 0.0965. The molecule has 0 atom stereocenters. The Morgan fingerprint density at radius 2 is 2.05 bits per heavy atom. The van der Waals surface area contributed by atoms with Gasteiger partial charge in [-0.2, -0.15) is 13.5 Å². The molecule has 0 aliphatic carbocycles. The Morgan fingerprint density at radius 1 is 1.40 bits per heavy atom. The van der Waals surface area contributed by atoms with E-state index in [-0.39, 0.29) is 10.0 Å². The van der Waals surface area contributed by atoms with Gasteiger partial charge >= 0.3 is 5.97 Å². The second-order valence-corrected chi connectivity index (χ2v) is 5.59. The van der Waals surface area contributed by atoms with Crippen molar-refractivity contribution in [2.24, 2.45) is 7.05 Å². The van der Waals surface area contributed by atoms with Crippen LogP contribution in [0.4, 0.5) is 5.82 Å². The van der Waals surface area contributed by atoms with Gasteiger partial charge in [0.2, 0.25) is 0 Å². The van der Waals surface area contributed by atoms with Crippen LogP contribution >= 0.6 is 11.6 Å². The third-order valence-corrected chi connectivity index (χ3v) is 4.07. The number of hydrogen-bond acceptors (Lipinski definition) is 6. The van der Waals surface area contributed by atoms with Crippen LogP contribution in [0, 0.1) is 0 Å². The van der Waals surface area contributed by atoms with Crippen LogP contribution in [0.25, 0.3) is 0 Å². The van der Waals surface area contributed by atoms with Crippen LogP contribution in [0.1, 0.15) is 10.5 Å². The summed E-state index contributed by atoms with van der Waals surface area (Å²) in [4.78, 5) is 18.1. The Morgan fingerprint density at radius 3 is 2.60 bits per heavy atom. The second-order valence-electron chi connectivity index (χ2n) is 3.59. The van der Waals surface area contributed by atoms with Crippen molar-refractivity contribution in [2.75, 3.05) is 4.72 Å². The predicted molar refractivity (Wildman–Crippen MR) is 68.0 cm³/mol. The van der Waals surface area contributed by atoms with E-state index >= 15 is 0 Å². The van der Waals surface area contributed by atoms with Crippen molar-refractivity contribution in [3.63, 3.8) is 0 Å². The van der Waals surface area contributed by atoms with Crippen LogP contribution in [0.5, 0.6) is 0 Å². The lowest BCUT2D eigenvalue weighted by molar-refractivity contribution is 0.0691. The molecular formula is C9H8ClN5O4S. The number of rotatable bonds is 4. The molecule has 0 aliphatic heterocycles. The Bertz CT molecular complexity index is 753. The average molecular weight is 318 g/mol. The van der Waals surface area contributed by atoms with Crippen molar-refractivity contribution in [1.82, 2.24) is 19.7 Å². The molecule has 0 saturated carbocycles. The third kappa shape index (κ3) is 2.56. The van der Waals surface area contributed by atoms with Gasteiger partial charge in [0, 0.05) is 19.4 Å². The number of aromatic carboxylic acids is 1. The number of hydrogen-bond donors (Lipinski definition) is 2. The number of halogens is 1. The SMILES string of the molecule is Cn1ncc(Cl)c1S(=O)(=O)Nc1nccnc1C(=O)O. The minimum Gasteiger partial charge on any atom is -0.476 e. The Balaban J connectivity index is 2.47. The van der Waals surface area contributed by atoms with Gasteiger partial charge in [0.15, 0.2) is 16.5 Å². The number of carboxylic acid groups (broad SMARTS) is 1. The smallest absolute Gasteiger partial charge is 0.358 e. The molecule has 0 bridgehead atoms. The molecule has 0 radical (unpaired) electrons. The molecule has 0 fully saturated rings. The molecule has 2 rings (SSSR count). The highest BCUT2D eigenvalue weighted by Gasteiger charge is 2.25. The largest absolute Gasteiger partial charge is 0.476 e. The van der Waals surface area contributed by atoms with Gasteiger partial charge < -0.3 is 5.11 Å². The van der Waals surface area contributed by atoms with Crippen LogP contribution in [-0.2, 0) is 17.1 Å². The zero-order valence-electron chi connectivity index (χ0n) is 9.98. The molecule has 0 spiro atoms. The van der Waals surface area contributed by atoms with E-state index in [2.05, 4.69) is 15.1 Å². The fourth-order valence-corrected chi connectivity index (χ4v) is 3.12. The first-order valence-electron chi connectivity index (χ1n) is 5.07. The lowest BCUT2D eigenvalue weighted by Crippen LogP contribution is -2.20. The van der Waals surface area contributed by atoms with Gasteiger partial charge in [-0.25, -0.2) is 14.8 Å². The van der Waals surface area contributed by atoms with Gasteiger partial charge in [-0.15, -0.1) is 0 Å². The fourth-order valence-electron chi connectivity index (χ4n) is 1.45. The summed E-state index contributed by atoms with van der Waals surface area (Å²) in [5.74, 6) is -1.82. The van der Waals surface area contributed by atoms with Crippen LogP contribution in [0.2, 0.25) is 5.02 Å². The lowest BCUT2D eigenvalue weighted by atomic mass is 10.4. The highest BCUT2D eigenvalue weighted by atomic mass is 35.5. The van der Waals surface area contributed by atoms with E-state index in [1.165, 1.54) is 7.05 Å². The summed E-state index contributed by atoms with van der Waals surface area (Å²) in [5, 5.41) is 12.2. The normalized spacial score (nSPS) is 11.3. The van der Waals surface area contributed by atoms with E-state index in [1.807, 2.05) is 4.72 Å². The maximum Gasteiger partial charge on any atom is 0.358 e. The molecule has 2 heterocycles. The quantitative estimate of drug-likeness (QED) is 0.833. The first-order valence-corrected chi connectivity index (χ1v) is 6.93. The van der Waals surface area contributed by atoms with E-state index in [9.17, 15) is 13.2 Å². The van der Waals surface area contributed by atoms with Crippen molar-refractivity contribution < 1.29 is 18.3 Å². The second kappa shape index (κ2) is 5.06. The summed E-state index contributed by atoms with van der Waals surface area (Å²) >= 11 is 5.74. The number of carbonyl (C=O) groups is 1. The number of nitrogens with zero attached hydrogens (tertiary/aromatic N) is 4. The number of aromatic nitrogens is 4. The zero-order chi connectivity index (χ0) is 14.9. The van der Waals surface area contributed by atoms with Gasteiger partial charge in [0.05, 0.1) is 11.2 Å².